The normalized spacial score (nSPS) is 16.7. The van der Waals surface area contributed by atoms with E-state index in [0.717, 1.165) is 57.1 Å². The zero-order valence-corrected chi connectivity index (χ0v) is 17.7. The van der Waals surface area contributed by atoms with Crippen LogP contribution in [0.3, 0.4) is 0 Å². The van der Waals surface area contributed by atoms with Crippen molar-refractivity contribution < 1.29 is 30.4 Å². The molecular weight excluding hydrogens is 376 g/mol. The molecule has 0 radical (unpaired) electrons. The molecule has 0 saturated carbocycles. The number of carbonyl (C=O) groups is 1. The SMILES string of the molecule is CCCCCC/C(CCCCCC/C=C/C[C@@H](O)[C@H](O)[C@@](N)(CO)C(=O)O)=N\O. The first-order chi connectivity index (χ1) is 13.8. The van der Waals surface area contributed by atoms with Crippen molar-refractivity contribution >= 4 is 11.7 Å². The average Bonchev–Trinajstić information content (AvgIpc) is 2.72. The molecule has 8 nitrogen and oxygen atoms in total. The molecule has 0 unspecified atom stereocenters. The standard InChI is InChI=1S/C21H40N2O6/c1-2-3-4-10-13-17(23-29)14-11-8-6-5-7-9-12-15-18(25)19(26)21(22,16-24)20(27)28/h9,12,18-19,24-26,29H,2-8,10-11,13-16,22H2,1H3,(H,27,28)/b12-9+,23-17+/t18-,19+,21+/m1/s1. The topological polar surface area (TPSA) is 157 Å². The summed E-state index contributed by atoms with van der Waals surface area (Å²) >= 11 is 0. The summed E-state index contributed by atoms with van der Waals surface area (Å²) in [5, 5.41) is 50.3. The van der Waals surface area contributed by atoms with Crippen molar-refractivity contribution in [2.75, 3.05) is 6.61 Å². The van der Waals surface area contributed by atoms with Crippen molar-refractivity contribution in [2.24, 2.45) is 10.9 Å². The molecule has 0 aromatic heterocycles. The molecule has 0 rings (SSSR count). The highest BCUT2D eigenvalue weighted by atomic mass is 16.4. The summed E-state index contributed by atoms with van der Waals surface area (Å²) in [6.45, 7) is 1.20. The molecule has 7 N–H and O–H groups in total. The van der Waals surface area contributed by atoms with Gasteiger partial charge in [0.25, 0.3) is 0 Å². The molecule has 0 spiro atoms. The van der Waals surface area contributed by atoms with E-state index >= 15 is 0 Å². The highest BCUT2D eigenvalue weighted by molar-refractivity contribution is 5.83. The molecule has 0 aliphatic rings. The Morgan fingerprint density at radius 2 is 1.62 bits per heavy atom. The van der Waals surface area contributed by atoms with E-state index in [4.69, 9.17) is 21.2 Å². The quantitative estimate of drug-likeness (QED) is 0.0659. The lowest BCUT2D eigenvalue weighted by Crippen LogP contribution is -2.63. The third-order valence-corrected chi connectivity index (χ3v) is 5.14. The monoisotopic (exact) mass is 416 g/mol. The van der Waals surface area contributed by atoms with Gasteiger partial charge in [-0.05, 0) is 44.9 Å². The summed E-state index contributed by atoms with van der Waals surface area (Å²) in [7, 11) is 0. The van der Waals surface area contributed by atoms with Gasteiger partial charge in [0.05, 0.1) is 18.4 Å². The lowest BCUT2D eigenvalue weighted by atomic mass is 9.89. The first-order valence-corrected chi connectivity index (χ1v) is 10.7. The minimum absolute atomic E-state index is 0.0573. The Morgan fingerprint density at radius 1 is 1.03 bits per heavy atom. The number of carboxylic acids is 1. The second-order valence-electron chi connectivity index (χ2n) is 7.65. The number of nitrogens with zero attached hydrogens (tertiary/aromatic N) is 1. The van der Waals surface area contributed by atoms with Gasteiger partial charge in [0.2, 0.25) is 0 Å². The zero-order valence-electron chi connectivity index (χ0n) is 17.7. The molecule has 0 saturated heterocycles. The van der Waals surface area contributed by atoms with Crippen LogP contribution in [0.2, 0.25) is 0 Å². The number of aliphatic carboxylic acids is 1. The molecule has 0 aromatic rings. The minimum Gasteiger partial charge on any atom is -0.480 e. The number of unbranched alkanes of at least 4 members (excludes halogenated alkanes) is 7. The van der Waals surface area contributed by atoms with Gasteiger partial charge < -0.3 is 31.4 Å². The average molecular weight is 417 g/mol. The van der Waals surface area contributed by atoms with Crippen LogP contribution in [0.25, 0.3) is 0 Å². The molecule has 0 amide bonds. The van der Waals surface area contributed by atoms with E-state index in [9.17, 15) is 15.0 Å². The molecule has 0 aliphatic heterocycles. The van der Waals surface area contributed by atoms with Gasteiger partial charge in [-0.3, -0.25) is 4.79 Å². The second kappa shape index (κ2) is 16.3. The second-order valence-corrected chi connectivity index (χ2v) is 7.65. The van der Waals surface area contributed by atoms with Gasteiger partial charge in [0.15, 0.2) is 5.54 Å². The Hall–Kier alpha value is -1.48. The van der Waals surface area contributed by atoms with Gasteiger partial charge >= 0.3 is 5.97 Å². The minimum atomic E-state index is -2.28. The Morgan fingerprint density at radius 3 is 2.14 bits per heavy atom. The molecule has 29 heavy (non-hydrogen) atoms. The lowest BCUT2D eigenvalue weighted by Gasteiger charge is -2.30. The fourth-order valence-corrected chi connectivity index (χ4v) is 3.04. The van der Waals surface area contributed by atoms with Crippen LogP contribution in [-0.2, 0) is 4.79 Å². The molecule has 8 heteroatoms. The number of nitrogens with two attached hydrogens (primary N) is 1. The van der Waals surface area contributed by atoms with Gasteiger partial charge in [-0.2, -0.15) is 0 Å². The third kappa shape index (κ3) is 11.3. The highest BCUT2D eigenvalue weighted by Crippen LogP contribution is 2.15. The van der Waals surface area contributed by atoms with Crippen molar-refractivity contribution in [1.29, 1.82) is 0 Å². The Balaban J connectivity index is 3.90. The van der Waals surface area contributed by atoms with E-state index in [1.165, 1.54) is 19.3 Å². The number of hydrogen-bond donors (Lipinski definition) is 6. The summed E-state index contributed by atoms with van der Waals surface area (Å²) < 4.78 is 0. The fraction of sp³-hybridized carbons (Fsp3) is 0.810. The molecular formula is C21H40N2O6. The van der Waals surface area contributed by atoms with Crippen LogP contribution in [0, 0.1) is 0 Å². The smallest absolute Gasteiger partial charge is 0.328 e. The molecule has 3 atom stereocenters. The van der Waals surface area contributed by atoms with E-state index < -0.39 is 30.3 Å². The Bertz CT molecular complexity index is 498. The van der Waals surface area contributed by atoms with E-state index in [0.29, 0.717) is 0 Å². The molecule has 0 aliphatic carbocycles. The van der Waals surface area contributed by atoms with Gasteiger partial charge in [0, 0.05) is 0 Å². The lowest BCUT2D eigenvalue weighted by molar-refractivity contribution is -0.154. The first-order valence-electron chi connectivity index (χ1n) is 10.7. The molecule has 0 bridgehead atoms. The highest BCUT2D eigenvalue weighted by Gasteiger charge is 2.44. The van der Waals surface area contributed by atoms with E-state index in [-0.39, 0.29) is 6.42 Å². The molecule has 0 aromatic carbocycles. The maximum Gasteiger partial charge on any atom is 0.328 e. The van der Waals surface area contributed by atoms with Crippen molar-refractivity contribution in [2.45, 2.75) is 102 Å². The predicted molar refractivity (Wildman–Crippen MR) is 113 cm³/mol. The number of aliphatic hydroxyl groups excluding tert-OH is 3. The maximum absolute atomic E-state index is 11.0. The number of oxime groups is 1. The van der Waals surface area contributed by atoms with Crippen molar-refractivity contribution in [3.63, 3.8) is 0 Å². The van der Waals surface area contributed by atoms with Crippen LogP contribution in [0.15, 0.2) is 17.3 Å². The van der Waals surface area contributed by atoms with E-state index in [1.807, 2.05) is 6.08 Å². The summed E-state index contributed by atoms with van der Waals surface area (Å²) in [4.78, 5) is 11.0. The van der Waals surface area contributed by atoms with E-state index in [1.54, 1.807) is 6.08 Å². The largest absolute Gasteiger partial charge is 0.480 e. The maximum atomic E-state index is 11.0. The first kappa shape index (κ1) is 27.5. The zero-order chi connectivity index (χ0) is 22.1. The van der Waals surface area contributed by atoms with Crippen LogP contribution >= 0.6 is 0 Å². The summed E-state index contributed by atoms with van der Waals surface area (Å²) in [5.74, 6) is -1.56. The van der Waals surface area contributed by atoms with Gasteiger partial charge in [0.1, 0.15) is 6.10 Å². The van der Waals surface area contributed by atoms with Gasteiger partial charge in [-0.15, -0.1) is 0 Å². The molecule has 0 heterocycles. The van der Waals surface area contributed by atoms with Crippen molar-refractivity contribution in [3.8, 4) is 0 Å². The fourth-order valence-electron chi connectivity index (χ4n) is 3.04. The number of allylic oxidation sites excluding steroid dienone is 1. The summed E-state index contributed by atoms with van der Waals surface area (Å²) in [6, 6.07) is 0. The van der Waals surface area contributed by atoms with Crippen LogP contribution in [-0.4, -0.2) is 61.7 Å². The molecule has 0 fully saturated rings. The van der Waals surface area contributed by atoms with Crippen LogP contribution in [0.1, 0.15) is 84.0 Å². The summed E-state index contributed by atoms with van der Waals surface area (Å²) in [5.41, 5.74) is 4.05. The van der Waals surface area contributed by atoms with E-state index in [2.05, 4.69) is 12.1 Å². The Kier molecular flexibility index (Phi) is 15.5. The number of carboxylic acid groups (broad SMARTS) is 1. The number of rotatable bonds is 18. The summed E-state index contributed by atoms with van der Waals surface area (Å²) in [6.07, 6.45) is 11.7. The number of aliphatic hydroxyl groups is 3. The molecule has 170 valence electrons. The van der Waals surface area contributed by atoms with Crippen LogP contribution in [0.4, 0.5) is 0 Å². The van der Waals surface area contributed by atoms with Crippen molar-refractivity contribution in [1.82, 2.24) is 0 Å². The van der Waals surface area contributed by atoms with Gasteiger partial charge in [-0.1, -0.05) is 56.3 Å². The van der Waals surface area contributed by atoms with Gasteiger partial charge in [-0.25, -0.2) is 0 Å². The van der Waals surface area contributed by atoms with Crippen molar-refractivity contribution in [3.05, 3.63) is 12.2 Å². The third-order valence-electron chi connectivity index (χ3n) is 5.14. The number of hydrogen-bond acceptors (Lipinski definition) is 7. The van der Waals surface area contributed by atoms with Crippen LogP contribution < -0.4 is 5.73 Å². The Labute approximate surface area is 174 Å². The van der Waals surface area contributed by atoms with Crippen LogP contribution in [0.5, 0.6) is 0 Å². The predicted octanol–water partition coefficient (Wildman–Crippen LogP) is 2.57.